The Kier molecular flexibility index (Phi) is 4.74. The zero-order valence-electron chi connectivity index (χ0n) is 11.8. The van der Waals surface area contributed by atoms with Crippen molar-refractivity contribution >= 4 is 17.6 Å². The van der Waals surface area contributed by atoms with E-state index < -0.39 is 0 Å². The molecule has 1 aromatic carbocycles. The minimum Gasteiger partial charge on any atom is -0.462 e. The monoisotopic (exact) mass is 276 g/mol. The van der Waals surface area contributed by atoms with Crippen molar-refractivity contribution in [2.45, 2.75) is 13.8 Å². The topological polar surface area (TPSA) is 67.4 Å². The van der Waals surface area contributed by atoms with Crippen molar-refractivity contribution in [3.8, 4) is 0 Å². The maximum Gasteiger partial charge on any atom is 0.338 e. The van der Waals surface area contributed by atoms with E-state index in [1.807, 2.05) is 0 Å². The van der Waals surface area contributed by atoms with Gasteiger partial charge in [-0.2, -0.15) is 0 Å². The Morgan fingerprint density at radius 3 is 2.55 bits per heavy atom. The molecule has 1 saturated heterocycles. The summed E-state index contributed by atoms with van der Waals surface area (Å²) >= 11 is 0. The summed E-state index contributed by atoms with van der Waals surface area (Å²) in [5, 5.41) is 6.09. The zero-order valence-corrected chi connectivity index (χ0v) is 11.8. The summed E-state index contributed by atoms with van der Waals surface area (Å²) in [6, 6.07) is 6.75. The highest BCUT2D eigenvalue weighted by molar-refractivity contribution is 5.94. The summed E-state index contributed by atoms with van der Waals surface area (Å²) in [7, 11) is 0. The van der Waals surface area contributed by atoms with Gasteiger partial charge in [0.1, 0.15) is 0 Å². The molecule has 1 aromatic rings. The smallest absolute Gasteiger partial charge is 0.338 e. The summed E-state index contributed by atoms with van der Waals surface area (Å²) < 4.78 is 4.91. The molecule has 2 N–H and O–H groups in total. The fraction of sp³-hybridized carbons (Fsp3) is 0.467. The number of rotatable bonds is 4. The Morgan fingerprint density at radius 1 is 1.30 bits per heavy atom. The lowest BCUT2D eigenvalue weighted by Gasteiger charge is -2.14. The van der Waals surface area contributed by atoms with Gasteiger partial charge in [-0.25, -0.2) is 4.79 Å². The first kappa shape index (κ1) is 14.5. The predicted octanol–water partition coefficient (Wildman–Crippen LogP) is 1.66. The molecular formula is C15H20N2O3. The molecule has 2 atom stereocenters. The number of nitrogens with one attached hydrogen (secondary N) is 2. The second-order valence-corrected chi connectivity index (χ2v) is 5.03. The van der Waals surface area contributed by atoms with E-state index in [1.54, 1.807) is 31.2 Å². The molecule has 5 nitrogen and oxygen atoms in total. The number of hydrogen-bond donors (Lipinski definition) is 2. The second-order valence-electron chi connectivity index (χ2n) is 5.03. The number of ether oxygens (including phenoxy) is 1. The van der Waals surface area contributed by atoms with Crippen molar-refractivity contribution in [1.82, 2.24) is 5.32 Å². The third-order valence-corrected chi connectivity index (χ3v) is 3.52. The van der Waals surface area contributed by atoms with Gasteiger partial charge in [-0.1, -0.05) is 6.92 Å². The average Bonchev–Trinajstić information content (AvgIpc) is 2.86. The number of benzene rings is 1. The first-order valence-electron chi connectivity index (χ1n) is 6.90. The molecule has 0 bridgehead atoms. The Morgan fingerprint density at radius 2 is 2.00 bits per heavy atom. The molecular weight excluding hydrogens is 256 g/mol. The third-order valence-electron chi connectivity index (χ3n) is 3.52. The number of esters is 1. The molecule has 1 aliphatic heterocycles. The normalized spacial score (nSPS) is 21.5. The SMILES string of the molecule is CCOC(=O)c1ccc(NC(=O)C2CNCC2C)cc1. The molecule has 108 valence electrons. The van der Waals surface area contributed by atoms with Crippen LogP contribution in [0.25, 0.3) is 0 Å². The molecule has 2 unspecified atom stereocenters. The number of anilines is 1. The van der Waals surface area contributed by atoms with E-state index in [-0.39, 0.29) is 17.8 Å². The first-order valence-corrected chi connectivity index (χ1v) is 6.90. The van der Waals surface area contributed by atoms with Crippen LogP contribution in [0.5, 0.6) is 0 Å². The zero-order chi connectivity index (χ0) is 14.5. The lowest BCUT2D eigenvalue weighted by atomic mass is 9.97. The number of carbonyl (C=O) groups is 2. The van der Waals surface area contributed by atoms with Crippen molar-refractivity contribution in [2.24, 2.45) is 11.8 Å². The van der Waals surface area contributed by atoms with Gasteiger partial charge in [-0.15, -0.1) is 0 Å². The van der Waals surface area contributed by atoms with Crippen molar-refractivity contribution in [3.63, 3.8) is 0 Å². The Bertz CT molecular complexity index is 484. The van der Waals surface area contributed by atoms with Gasteiger partial charge >= 0.3 is 5.97 Å². The van der Waals surface area contributed by atoms with Gasteiger partial charge < -0.3 is 15.4 Å². The van der Waals surface area contributed by atoms with Crippen LogP contribution in [0.4, 0.5) is 5.69 Å². The summed E-state index contributed by atoms with van der Waals surface area (Å²) in [5.41, 5.74) is 1.18. The quantitative estimate of drug-likeness (QED) is 0.821. The van der Waals surface area contributed by atoms with Crippen LogP contribution in [-0.4, -0.2) is 31.6 Å². The predicted molar refractivity (Wildman–Crippen MR) is 76.6 cm³/mol. The number of amides is 1. The van der Waals surface area contributed by atoms with E-state index in [9.17, 15) is 9.59 Å². The maximum absolute atomic E-state index is 12.1. The summed E-state index contributed by atoms with van der Waals surface area (Å²) in [5.74, 6) is 0.0129. The molecule has 1 amide bonds. The van der Waals surface area contributed by atoms with Gasteiger partial charge in [-0.3, -0.25) is 4.79 Å². The molecule has 2 rings (SSSR count). The average molecular weight is 276 g/mol. The van der Waals surface area contributed by atoms with Crippen molar-refractivity contribution < 1.29 is 14.3 Å². The molecule has 0 radical (unpaired) electrons. The van der Waals surface area contributed by atoms with E-state index >= 15 is 0 Å². The fourth-order valence-electron chi connectivity index (χ4n) is 2.30. The molecule has 1 heterocycles. The van der Waals surface area contributed by atoms with Crippen LogP contribution in [-0.2, 0) is 9.53 Å². The van der Waals surface area contributed by atoms with Gasteiger partial charge in [0, 0.05) is 12.2 Å². The van der Waals surface area contributed by atoms with E-state index in [1.165, 1.54) is 0 Å². The standard InChI is InChI=1S/C15H20N2O3/c1-3-20-15(19)11-4-6-12(7-5-11)17-14(18)13-9-16-8-10(13)2/h4-7,10,13,16H,3,8-9H2,1-2H3,(H,17,18). The summed E-state index contributed by atoms with van der Waals surface area (Å²) in [6.45, 7) is 5.77. The maximum atomic E-state index is 12.1. The summed E-state index contributed by atoms with van der Waals surface area (Å²) in [6.07, 6.45) is 0. The van der Waals surface area contributed by atoms with Gasteiger partial charge in [0.25, 0.3) is 0 Å². The largest absolute Gasteiger partial charge is 0.462 e. The van der Waals surface area contributed by atoms with Gasteiger partial charge in [-0.05, 0) is 43.7 Å². The molecule has 0 saturated carbocycles. The van der Waals surface area contributed by atoms with Gasteiger partial charge in [0.05, 0.1) is 18.1 Å². The van der Waals surface area contributed by atoms with Crippen LogP contribution in [0.15, 0.2) is 24.3 Å². The lowest BCUT2D eigenvalue weighted by molar-refractivity contribution is -0.120. The van der Waals surface area contributed by atoms with Crippen LogP contribution < -0.4 is 10.6 Å². The molecule has 0 aliphatic carbocycles. The van der Waals surface area contributed by atoms with Crippen LogP contribution in [0, 0.1) is 11.8 Å². The van der Waals surface area contributed by atoms with E-state index in [0.717, 1.165) is 6.54 Å². The Balaban J connectivity index is 1.96. The molecule has 0 spiro atoms. The molecule has 5 heteroatoms. The minimum absolute atomic E-state index is 0.000247. The van der Waals surface area contributed by atoms with Crippen molar-refractivity contribution in [1.29, 1.82) is 0 Å². The highest BCUT2D eigenvalue weighted by atomic mass is 16.5. The van der Waals surface area contributed by atoms with Crippen LogP contribution in [0.1, 0.15) is 24.2 Å². The van der Waals surface area contributed by atoms with E-state index in [2.05, 4.69) is 17.6 Å². The van der Waals surface area contributed by atoms with Crippen LogP contribution in [0.2, 0.25) is 0 Å². The second kappa shape index (κ2) is 6.52. The minimum atomic E-state index is -0.348. The first-order chi connectivity index (χ1) is 9.61. The molecule has 1 fully saturated rings. The molecule has 0 aromatic heterocycles. The number of carbonyl (C=O) groups excluding carboxylic acids is 2. The van der Waals surface area contributed by atoms with Crippen molar-refractivity contribution in [3.05, 3.63) is 29.8 Å². The highest BCUT2D eigenvalue weighted by Gasteiger charge is 2.29. The van der Waals surface area contributed by atoms with Crippen LogP contribution >= 0.6 is 0 Å². The summed E-state index contributed by atoms with van der Waals surface area (Å²) in [4.78, 5) is 23.6. The molecule has 1 aliphatic rings. The van der Waals surface area contributed by atoms with Gasteiger partial charge in [0.15, 0.2) is 0 Å². The van der Waals surface area contributed by atoms with Crippen LogP contribution in [0.3, 0.4) is 0 Å². The third kappa shape index (κ3) is 3.36. The van der Waals surface area contributed by atoms with E-state index in [0.29, 0.717) is 30.3 Å². The lowest BCUT2D eigenvalue weighted by Crippen LogP contribution is -2.27. The van der Waals surface area contributed by atoms with E-state index in [4.69, 9.17) is 4.74 Å². The molecule has 20 heavy (non-hydrogen) atoms. The van der Waals surface area contributed by atoms with Gasteiger partial charge in [0.2, 0.25) is 5.91 Å². The van der Waals surface area contributed by atoms with Crippen molar-refractivity contribution in [2.75, 3.05) is 25.0 Å². The fourth-order valence-corrected chi connectivity index (χ4v) is 2.30. The highest BCUT2D eigenvalue weighted by Crippen LogP contribution is 2.19. The Labute approximate surface area is 118 Å². The number of hydrogen-bond acceptors (Lipinski definition) is 4. The Hall–Kier alpha value is -1.88.